The van der Waals surface area contributed by atoms with Gasteiger partial charge < -0.3 is 10.6 Å². The first-order valence-electron chi connectivity index (χ1n) is 7.70. The fraction of sp³-hybridized carbons (Fsp3) is 0.562. The maximum atomic E-state index is 10.6. The fourth-order valence-electron chi connectivity index (χ4n) is 2.03. The molecule has 0 saturated carbocycles. The molecule has 6 nitrogen and oxygen atoms in total. The van der Waals surface area contributed by atoms with E-state index in [2.05, 4.69) is 29.5 Å². The average molecular weight is 306 g/mol. The summed E-state index contributed by atoms with van der Waals surface area (Å²) in [6.07, 6.45) is 3.58. The van der Waals surface area contributed by atoms with Crippen LogP contribution in [0.15, 0.2) is 29.3 Å². The van der Waals surface area contributed by atoms with Crippen LogP contribution in [-0.2, 0) is 6.54 Å². The predicted molar refractivity (Wildman–Crippen MR) is 90.0 cm³/mol. The van der Waals surface area contributed by atoms with E-state index in [9.17, 15) is 10.1 Å². The lowest BCUT2D eigenvalue weighted by Gasteiger charge is -2.12. The third kappa shape index (κ3) is 7.06. The van der Waals surface area contributed by atoms with Gasteiger partial charge in [0.25, 0.3) is 5.69 Å². The van der Waals surface area contributed by atoms with E-state index in [-0.39, 0.29) is 5.69 Å². The van der Waals surface area contributed by atoms with Crippen molar-refractivity contribution in [2.24, 2.45) is 10.9 Å². The molecule has 0 aliphatic heterocycles. The molecule has 0 heterocycles. The molecule has 6 heteroatoms. The van der Waals surface area contributed by atoms with Crippen LogP contribution in [0.2, 0.25) is 0 Å². The second-order valence-electron chi connectivity index (χ2n) is 5.67. The van der Waals surface area contributed by atoms with Gasteiger partial charge in [-0.05, 0) is 17.9 Å². The van der Waals surface area contributed by atoms with E-state index < -0.39 is 4.92 Å². The zero-order chi connectivity index (χ0) is 16.4. The molecule has 0 amide bonds. The van der Waals surface area contributed by atoms with Gasteiger partial charge in [0.15, 0.2) is 5.96 Å². The lowest BCUT2D eigenvalue weighted by atomic mass is 10.1. The van der Waals surface area contributed by atoms with E-state index in [0.717, 1.165) is 30.4 Å². The normalized spacial score (nSPS) is 11.5. The maximum absolute atomic E-state index is 10.6. The molecule has 22 heavy (non-hydrogen) atoms. The van der Waals surface area contributed by atoms with Crippen LogP contribution in [0.3, 0.4) is 0 Å². The molecule has 0 unspecified atom stereocenters. The van der Waals surface area contributed by atoms with E-state index in [1.165, 1.54) is 25.0 Å². The van der Waals surface area contributed by atoms with Gasteiger partial charge in [0.1, 0.15) is 0 Å². The Kier molecular flexibility index (Phi) is 7.96. The fourth-order valence-corrected chi connectivity index (χ4v) is 2.03. The molecule has 1 aromatic carbocycles. The molecule has 1 rings (SSSR count). The quantitative estimate of drug-likeness (QED) is 0.254. The first-order valence-corrected chi connectivity index (χ1v) is 7.70. The Hall–Kier alpha value is -2.11. The first kappa shape index (κ1) is 17.9. The van der Waals surface area contributed by atoms with Crippen LogP contribution in [-0.4, -0.2) is 24.5 Å². The molecule has 1 aromatic rings. The van der Waals surface area contributed by atoms with Gasteiger partial charge in [0.05, 0.1) is 4.92 Å². The number of nitrogens with one attached hydrogen (secondary N) is 2. The number of hydrogen-bond acceptors (Lipinski definition) is 3. The van der Waals surface area contributed by atoms with Gasteiger partial charge in [-0.1, -0.05) is 38.8 Å². The van der Waals surface area contributed by atoms with Crippen LogP contribution in [0.1, 0.15) is 38.7 Å². The van der Waals surface area contributed by atoms with E-state index >= 15 is 0 Å². The predicted octanol–water partition coefficient (Wildman–Crippen LogP) is 3.09. The van der Waals surface area contributed by atoms with Crippen molar-refractivity contribution in [3.8, 4) is 0 Å². The number of guanidine groups is 1. The molecule has 0 spiro atoms. The summed E-state index contributed by atoms with van der Waals surface area (Å²) in [7, 11) is 1.74. The lowest BCUT2D eigenvalue weighted by Crippen LogP contribution is -2.37. The summed E-state index contributed by atoms with van der Waals surface area (Å²) < 4.78 is 0. The monoisotopic (exact) mass is 306 g/mol. The molecular weight excluding hydrogens is 280 g/mol. The second-order valence-corrected chi connectivity index (χ2v) is 5.67. The van der Waals surface area contributed by atoms with Crippen molar-refractivity contribution in [1.29, 1.82) is 0 Å². The van der Waals surface area contributed by atoms with Gasteiger partial charge in [-0.2, -0.15) is 0 Å². The van der Waals surface area contributed by atoms with Gasteiger partial charge in [-0.25, -0.2) is 0 Å². The molecule has 0 saturated heterocycles. The van der Waals surface area contributed by atoms with E-state index in [1.54, 1.807) is 19.2 Å². The maximum Gasteiger partial charge on any atom is 0.269 e. The largest absolute Gasteiger partial charge is 0.356 e. The molecule has 0 radical (unpaired) electrons. The summed E-state index contributed by atoms with van der Waals surface area (Å²) >= 11 is 0. The molecular formula is C16H26N4O2. The Morgan fingerprint density at radius 2 is 1.91 bits per heavy atom. The molecule has 2 N–H and O–H groups in total. The number of unbranched alkanes of at least 4 members (excludes halogenated alkanes) is 1. The number of nitrogens with zero attached hydrogens (tertiary/aromatic N) is 2. The standard InChI is InChI=1S/C16H26N4O2/c1-13(2)6-4-5-11-18-16(17-3)19-12-14-7-9-15(10-8-14)20(21)22/h7-10,13H,4-6,11-12H2,1-3H3,(H2,17,18,19). The number of benzene rings is 1. The Morgan fingerprint density at radius 1 is 1.23 bits per heavy atom. The number of non-ortho nitro benzene ring substituents is 1. The summed E-state index contributed by atoms with van der Waals surface area (Å²) in [5, 5.41) is 17.1. The average Bonchev–Trinajstić information content (AvgIpc) is 2.50. The van der Waals surface area contributed by atoms with Crippen molar-refractivity contribution < 1.29 is 4.92 Å². The third-order valence-electron chi connectivity index (χ3n) is 3.33. The zero-order valence-corrected chi connectivity index (χ0v) is 13.6. The van der Waals surface area contributed by atoms with Crippen molar-refractivity contribution >= 4 is 11.6 Å². The van der Waals surface area contributed by atoms with Crippen molar-refractivity contribution in [2.75, 3.05) is 13.6 Å². The van der Waals surface area contributed by atoms with Crippen LogP contribution in [0.5, 0.6) is 0 Å². The molecule has 0 fully saturated rings. The van der Waals surface area contributed by atoms with Crippen molar-refractivity contribution in [3.05, 3.63) is 39.9 Å². The molecule has 122 valence electrons. The van der Waals surface area contributed by atoms with Crippen LogP contribution < -0.4 is 10.6 Å². The van der Waals surface area contributed by atoms with Crippen molar-refractivity contribution in [2.45, 2.75) is 39.7 Å². The highest BCUT2D eigenvalue weighted by Gasteiger charge is 2.04. The van der Waals surface area contributed by atoms with Crippen LogP contribution in [0.4, 0.5) is 5.69 Å². The molecule has 0 aliphatic rings. The van der Waals surface area contributed by atoms with Gasteiger partial charge >= 0.3 is 0 Å². The first-order chi connectivity index (χ1) is 10.5. The summed E-state index contributed by atoms with van der Waals surface area (Å²) in [6, 6.07) is 6.53. The Morgan fingerprint density at radius 3 is 2.45 bits per heavy atom. The molecule has 0 bridgehead atoms. The topological polar surface area (TPSA) is 79.6 Å². The lowest BCUT2D eigenvalue weighted by molar-refractivity contribution is -0.384. The number of nitro benzene ring substituents is 1. The van der Waals surface area contributed by atoms with Crippen LogP contribution >= 0.6 is 0 Å². The number of nitro groups is 1. The molecule has 0 aromatic heterocycles. The third-order valence-corrected chi connectivity index (χ3v) is 3.33. The van der Waals surface area contributed by atoms with E-state index in [1.807, 2.05) is 0 Å². The van der Waals surface area contributed by atoms with Gasteiger partial charge in [-0.15, -0.1) is 0 Å². The second kappa shape index (κ2) is 9.76. The highest BCUT2D eigenvalue weighted by molar-refractivity contribution is 5.79. The highest BCUT2D eigenvalue weighted by Crippen LogP contribution is 2.11. The van der Waals surface area contributed by atoms with Gasteiger partial charge in [0, 0.05) is 32.3 Å². The minimum Gasteiger partial charge on any atom is -0.356 e. The highest BCUT2D eigenvalue weighted by atomic mass is 16.6. The summed E-state index contributed by atoms with van der Waals surface area (Å²) in [5.41, 5.74) is 1.09. The Labute approximate surface area is 132 Å². The molecule has 0 atom stereocenters. The van der Waals surface area contributed by atoms with E-state index in [4.69, 9.17) is 0 Å². The minimum atomic E-state index is -0.394. The van der Waals surface area contributed by atoms with E-state index in [0.29, 0.717) is 6.54 Å². The summed E-state index contributed by atoms with van der Waals surface area (Å²) in [5.74, 6) is 1.50. The van der Waals surface area contributed by atoms with Gasteiger partial charge in [0.2, 0.25) is 0 Å². The van der Waals surface area contributed by atoms with Crippen LogP contribution in [0.25, 0.3) is 0 Å². The molecule has 0 aliphatic carbocycles. The minimum absolute atomic E-state index is 0.108. The Bertz CT molecular complexity index is 483. The zero-order valence-electron chi connectivity index (χ0n) is 13.6. The summed E-state index contributed by atoms with van der Waals surface area (Å²) in [6.45, 7) is 5.95. The number of rotatable bonds is 8. The Balaban J connectivity index is 2.30. The van der Waals surface area contributed by atoms with Crippen molar-refractivity contribution in [1.82, 2.24) is 10.6 Å². The SMILES string of the molecule is CN=C(NCCCCC(C)C)NCc1ccc([N+](=O)[O-])cc1. The smallest absolute Gasteiger partial charge is 0.269 e. The van der Waals surface area contributed by atoms with Crippen LogP contribution in [0, 0.1) is 16.0 Å². The number of hydrogen-bond donors (Lipinski definition) is 2. The summed E-state index contributed by atoms with van der Waals surface area (Å²) in [4.78, 5) is 14.4. The number of aliphatic imine (C=N–C) groups is 1. The van der Waals surface area contributed by atoms with Crippen molar-refractivity contribution in [3.63, 3.8) is 0 Å². The van der Waals surface area contributed by atoms with Gasteiger partial charge in [-0.3, -0.25) is 15.1 Å².